The number of nitrogens with one attached hydrogen (secondary N) is 1. The molecule has 18 heavy (non-hydrogen) atoms. The topological polar surface area (TPSA) is 41.5 Å². The molecule has 0 spiro atoms. The second-order valence-electron chi connectivity index (χ2n) is 5.10. The number of halogens is 1. The molecule has 2 unspecified atom stereocenters. The van der Waals surface area contributed by atoms with Crippen LogP contribution in [0.4, 0.5) is 0 Å². The first-order chi connectivity index (χ1) is 8.74. The minimum Gasteiger partial charge on any atom is -0.267 e. The number of rotatable bonds is 2. The Morgan fingerprint density at radius 2 is 2.17 bits per heavy atom. The van der Waals surface area contributed by atoms with E-state index in [1.165, 1.54) is 25.0 Å². The van der Waals surface area contributed by atoms with Crippen LogP contribution in [-0.4, -0.2) is 11.6 Å². The lowest BCUT2D eigenvalue weighted by molar-refractivity contribution is 0.0953. The molecule has 1 N–H and O–H groups in total. The number of amides is 1. The van der Waals surface area contributed by atoms with E-state index in [-0.39, 0.29) is 5.91 Å². The van der Waals surface area contributed by atoms with Gasteiger partial charge in [0, 0.05) is 10.2 Å². The molecule has 1 aromatic rings. The summed E-state index contributed by atoms with van der Waals surface area (Å²) in [4.78, 5) is 12.0. The molecule has 2 fully saturated rings. The van der Waals surface area contributed by atoms with Crippen LogP contribution in [0.2, 0.25) is 0 Å². The van der Waals surface area contributed by atoms with E-state index in [4.69, 9.17) is 0 Å². The van der Waals surface area contributed by atoms with Crippen molar-refractivity contribution >= 4 is 27.5 Å². The largest absolute Gasteiger partial charge is 0.272 e. The van der Waals surface area contributed by atoms with Gasteiger partial charge in [-0.15, -0.1) is 0 Å². The number of carbonyl (C=O) groups is 1. The molecule has 2 atom stereocenters. The maximum absolute atomic E-state index is 12.0. The zero-order valence-electron chi connectivity index (χ0n) is 10.0. The molecule has 2 aliphatic rings. The van der Waals surface area contributed by atoms with Gasteiger partial charge >= 0.3 is 0 Å². The Balaban J connectivity index is 1.69. The molecule has 1 aromatic carbocycles. The van der Waals surface area contributed by atoms with Crippen molar-refractivity contribution < 1.29 is 4.79 Å². The van der Waals surface area contributed by atoms with Crippen LogP contribution >= 0.6 is 15.9 Å². The molecule has 2 saturated carbocycles. The Bertz CT molecular complexity index is 512. The zero-order valence-corrected chi connectivity index (χ0v) is 11.6. The molecule has 0 aliphatic heterocycles. The van der Waals surface area contributed by atoms with Crippen LogP contribution in [0.3, 0.4) is 0 Å². The van der Waals surface area contributed by atoms with Gasteiger partial charge < -0.3 is 0 Å². The molecule has 2 aliphatic carbocycles. The average molecular weight is 307 g/mol. The summed E-state index contributed by atoms with van der Waals surface area (Å²) in [6.45, 7) is 0. The van der Waals surface area contributed by atoms with E-state index in [1.54, 1.807) is 6.07 Å². The van der Waals surface area contributed by atoms with Crippen LogP contribution in [-0.2, 0) is 0 Å². The summed E-state index contributed by atoms with van der Waals surface area (Å²) in [6.07, 6.45) is 4.92. The fourth-order valence-corrected chi connectivity index (χ4v) is 3.46. The maximum atomic E-state index is 12.0. The summed E-state index contributed by atoms with van der Waals surface area (Å²) in [5, 5.41) is 4.32. The number of nitrogens with zero attached hydrogens (tertiary/aromatic N) is 1. The second-order valence-corrected chi connectivity index (χ2v) is 5.96. The lowest BCUT2D eigenvalue weighted by Gasteiger charge is -2.11. The molecule has 1 amide bonds. The number of hydrazone groups is 1. The van der Waals surface area contributed by atoms with Gasteiger partial charge in [0.2, 0.25) is 0 Å². The van der Waals surface area contributed by atoms with Crippen molar-refractivity contribution in [2.45, 2.75) is 25.7 Å². The van der Waals surface area contributed by atoms with Crippen molar-refractivity contribution in [2.75, 3.05) is 0 Å². The van der Waals surface area contributed by atoms with Gasteiger partial charge in [0.1, 0.15) is 0 Å². The Hall–Kier alpha value is -1.16. The predicted molar refractivity (Wildman–Crippen MR) is 74.5 cm³/mol. The number of hydrogen-bond donors (Lipinski definition) is 1. The summed E-state index contributed by atoms with van der Waals surface area (Å²) in [6, 6.07) is 7.40. The Morgan fingerprint density at radius 1 is 1.33 bits per heavy atom. The highest BCUT2D eigenvalue weighted by atomic mass is 79.9. The monoisotopic (exact) mass is 306 g/mol. The van der Waals surface area contributed by atoms with E-state index in [0.29, 0.717) is 11.5 Å². The summed E-state index contributed by atoms with van der Waals surface area (Å²) >= 11 is 3.37. The molecule has 94 valence electrons. The van der Waals surface area contributed by atoms with Crippen molar-refractivity contribution in [3.8, 4) is 0 Å². The molecule has 0 aromatic heterocycles. The van der Waals surface area contributed by atoms with Crippen molar-refractivity contribution in [3.05, 3.63) is 34.3 Å². The highest BCUT2D eigenvalue weighted by Gasteiger charge is 2.36. The Kier molecular flexibility index (Phi) is 3.20. The molecule has 2 bridgehead atoms. The summed E-state index contributed by atoms with van der Waals surface area (Å²) in [7, 11) is 0. The van der Waals surface area contributed by atoms with Gasteiger partial charge in [-0.1, -0.05) is 12.1 Å². The fraction of sp³-hybridized carbons (Fsp3) is 0.429. The molecule has 0 heterocycles. The first kappa shape index (κ1) is 11.9. The van der Waals surface area contributed by atoms with E-state index in [2.05, 4.69) is 26.5 Å². The molecular formula is C14H15BrN2O. The quantitative estimate of drug-likeness (QED) is 0.836. The summed E-state index contributed by atoms with van der Waals surface area (Å²) < 4.78 is 0.802. The fourth-order valence-electron chi connectivity index (χ4n) is 2.99. The molecule has 3 nitrogen and oxygen atoms in total. The van der Waals surface area contributed by atoms with E-state index in [1.807, 2.05) is 18.2 Å². The van der Waals surface area contributed by atoms with Crippen molar-refractivity contribution in [3.63, 3.8) is 0 Å². The van der Waals surface area contributed by atoms with E-state index in [9.17, 15) is 4.79 Å². The van der Waals surface area contributed by atoms with Crippen LogP contribution in [0.5, 0.6) is 0 Å². The molecular weight excluding hydrogens is 292 g/mol. The van der Waals surface area contributed by atoms with Gasteiger partial charge in [-0.2, -0.15) is 5.10 Å². The Labute approximate surface area is 115 Å². The van der Waals surface area contributed by atoms with Crippen LogP contribution in [0.25, 0.3) is 0 Å². The minimum atomic E-state index is -0.141. The van der Waals surface area contributed by atoms with Gasteiger partial charge in [-0.3, -0.25) is 4.79 Å². The average Bonchev–Trinajstić information content (AvgIpc) is 2.98. The van der Waals surface area contributed by atoms with Gasteiger partial charge in [-0.25, -0.2) is 5.43 Å². The third kappa shape index (κ3) is 2.21. The van der Waals surface area contributed by atoms with E-state index < -0.39 is 0 Å². The normalized spacial score (nSPS) is 27.7. The van der Waals surface area contributed by atoms with Crippen LogP contribution < -0.4 is 5.43 Å². The van der Waals surface area contributed by atoms with Gasteiger partial charge in [0.25, 0.3) is 5.91 Å². The minimum absolute atomic E-state index is 0.141. The first-order valence-corrected chi connectivity index (χ1v) is 7.14. The van der Waals surface area contributed by atoms with Crippen molar-refractivity contribution in [1.82, 2.24) is 5.43 Å². The lowest BCUT2D eigenvalue weighted by Crippen LogP contribution is -2.22. The maximum Gasteiger partial charge on any atom is 0.272 e. The zero-order chi connectivity index (χ0) is 12.5. The predicted octanol–water partition coefficient (Wildman–Crippen LogP) is 3.35. The van der Waals surface area contributed by atoms with Crippen LogP contribution in [0.1, 0.15) is 36.0 Å². The van der Waals surface area contributed by atoms with Gasteiger partial charge in [-0.05, 0) is 65.6 Å². The van der Waals surface area contributed by atoms with E-state index in [0.717, 1.165) is 16.8 Å². The van der Waals surface area contributed by atoms with Gasteiger partial charge in [0.15, 0.2) is 0 Å². The molecule has 3 rings (SSSR count). The highest BCUT2D eigenvalue weighted by molar-refractivity contribution is 9.10. The third-order valence-electron chi connectivity index (χ3n) is 3.93. The number of benzene rings is 1. The number of fused-ring (bicyclic) bond motifs is 2. The molecule has 0 radical (unpaired) electrons. The van der Waals surface area contributed by atoms with Crippen molar-refractivity contribution in [2.24, 2.45) is 16.9 Å². The SMILES string of the molecule is O=C(N/N=C1\CC2CCC1C2)c1ccccc1Br. The lowest BCUT2D eigenvalue weighted by atomic mass is 9.99. The third-order valence-corrected chi connectivity index (χ3v) is 4.62. The standard InChI is InChI=1S/C14H15BrN2O/c15-12-4-2-1-3-11(12)14(18)17-16-13-8-9-5-6-10(13)7-9/h1-4,9-10H,5-8H2,(H,17,18)/b16-13+. The van der Waals surface area contributed by atoms with Gasteiger partial charge in [0.05, 0.1) is 5.56 Å². The first-order valence-electron chi connectivity index (χ1n) is 6.35. The van der Waals surface area contributed by atoms with Crippen LogP contribution in [0.15, 0.2) is 33.8 Å². The number of hydrogen-bond acceptors (Lipinski definition) is 2. The summed E-state index contributed by atoms with van der Waals surface area (Å²) in [5.41, 5.74) is 4.50. The molecule has 4 heteroatoms. The van der Waals surface area contributed by atoms with E-state index >= 15 is 0 Å². The van der Waals surface area contributed by atoms with Crippen molar-refractivity contribution in [1.29, 1.82) is 0 Å². The second kappa shape index (κ2) is 4.84. The summed E-state index contributed by atoms with van der Waals surface area (Å²) in [5.74, 6) is 1.29. The Morgan fingerprint density at radius 3 is 2.83 bits per heavy atom. The molecule has 0 saturated heterocycles. The number of carbonyl (C=O) groups excluding carboxylic acids is 1. The highest BCUT2D eigenvalue weighted by Crippen LogP contribution is 2.42. The smallest absolute Gasteiger partial charge is 0.267 e. The van der Waals surface area contributed by atoms with Crippen LogP contribution in [0, 0.1) is 11.8 Å².